The number of carbonyl (C=O) groups is 1. The van der Waals surface area contributed by atoms with Gasteiger partial charge in [0.2, 0.25) is 23.3 Å². The van der Waals surface area contributed by atoms with Crippen LogP contribution in [-0.4, -0.2) is 51.9 Å². The third kappa shape index (κ3) is 6.46. The number of aromatic nitrogens is 1. The molecule has 1 aliphatic heterocycles. The maximum absolute atomic E-state index is 15.6. The molecule has 12 nitrogen and oxygen atoms in total. The predicted octanol–water partition coefficient (Wildman–Crippen LogP) is 3.23. The number of guanidine groups is 1. The van der Waals surface area contributed by atoms with Gasteiger partial charge in [-0.15, -0.1) is 0 Å². The summed E-state index contributed by atoms with van der Waals surface area (Å²) in [7, 11) is 0. The Morgan fingerprint density at radius 1 is 1.07 bits per heavy atom. The van der Waals surface area contributed by atoms with E-state index in [9.17, 15) is 9.90 Å². The van der Waals surface area contributed by atoms with E-state index in [1.165, 1.54) is 37.3 Å². The lowest BCUT2D eigenvalue weighted by atomic mass is 10.1. The van der Waals surface area contributed by atoms with E-state index in [0.29, 0.717) is 31.6 Å². The predicted molar refractivity (Wildman–Crippen MR) is 141 cm³/mol. The molecule has 0 bridgehead atoms. The fourth-order valence-corrected chi connectivity index (χ4v) is 3.92. The molecular weight excluding hydrogens is 528 g/mol. The van der Waals surface area contributed by atoms with Crippen LogP contribution in [0.2, 0.25) is 0 Å². The zero-order valence-corrected chi connectivity index (χ0v) is 21.4. The summed E-state index contributed by atoms with van der Waals surface area (Å²) in [4.78, 5) is 21.0. The van der Waals surface area contributed by atoms with Crippen LogP contribution in [0.5, 0.6) is 34.8 Å². The lowest BCUT2D eigenvalue weighted by Gasteiger charge is -2.31. The second kappa shape index (κ2) is 11.7. The molecule has 2 heterocycles. The summed E-state index contributed by atoms with van der Waals surface area (Å²) < 4.78 is 48.1. The van der Waals surface area contributed by atoms with Crippen LogP contribution >= 0.6 is 0 Å². The van der Waals surface area contributed by atoms with Crippen LogP contribution in [0.25, 0.3) is 0 Å². The minimum Gasteiger partial charge on any atom is -0.504 e. The van der Waals surface area contributed by atoms with E-state index in [1.54, 1.807) is 17.0 Å². The quantitative estimate of drug-likeness (QED) is 0.205. The van der Waals surface area contributed by atoms with Crippen molar-refractivity contribution in [2.75, 3.05) is 13.1 Å². The summed E-state index contributed by atoms with van der Waals surface area (Å²) in [6.45, 7) is 2.14. The molecule has 0 aliphatic carbocycles. The highest BCUT2D eigenvalue weighted by Crippen LogP contribution is 2.40. The number of nitrogens with zero attached hydrogens (tertiary/aromatic N) is 3. The SMILES string of the molecule is CC(=O)N1CCC(Oc2c(F)c(Oc3cccc(N=C(N)N)c3)nc(Oc3cc(C(=N)N)ccc3O)c2F)CC1. The number of pyridine rings is 1. The van der Waals surface area contributed by atoms with E-state index < -0.39 is 41.0 Å². The highest BCUT2D eigenvalue weighted by Gasteiger charge is 2.30. The number of nitrogens with one attached hydrogen (secondary N) is 1. The third-order valence-corrected chi connectivity index (χ3v) is 5.92. The summed E-state index contributed by atoms with van der Waals surface area (Å²) >= 11 is 0. The van der Waals surface area contributed by atoms with Crippen molar-refractivity contribution in [3.05, 3.63) is 59.7 Å². The molecule has 3 aromatic rings. The number of hydrogen-bond donors (Lipinski definition) is 5. The summed E-state index contributed by atoms with van der Waals surface area (Å²) in [5, 5.41) is 17.8. The first-order valence-corrected chi connectivity index (χ1v) is 12.1. The Labute approximate surface area is 227 Å². The van der Waals surface area contributed by atoms with Crippen LogP contribution in [0.15, 0.2) is 47.5 Å². The van der Waals surface area contributed by atoms with Gasteiger partial charge in [0.25, 0.3) is 11.8 Å². The van der Waals surface area contributed by atoms with Crippen molar-refractivity contribution in [1.82, 2.24) is 9.88 Å². The third-order valence-electron chi connectivity index (χ3n) is 5.92. The average Bonchev–Trinajstić information content (AvgIpc) is 2.90. The largest absolute Gasteiger partial charge is 0.504 e. The number of nitrogen functional groups attached to an aromatic ring is 1. The van der Waals surface area contributed by atoms with Gasteiger partial charge in [-0.1, -0.05) is 6.07 Å². The maximum Gasteiger partial charge on any atom is 0.263 e. The number of piperidine rings is 1. The highest BCUT2D eigenvalue weighted by atomic mass is 19.1. The first kappa shape index (κ1) is 27.9. The Morgan fingerprint density at radius 3 is 2.38 bits per heavy atom. The van der Waals surface area contributed by atoms with Crippen LogP contribution in [0, 0.1) is 17.0 Å². The Bertz CT molecular complexity index is 1470. The minimum absolute atomic E-state index is 0.0635. The second-order valence-electron chi connectivity index (χ2n) is 8.84. The van der Waals surface area contributed by atoms with Gasteiger partial charge in [0, 0.05) is 44.5 Å². The Kier molecular flexibility index (Phi) is 8.17. The van der Waals surface area contributed by atoms with Crippen molar-refractivity contribution >= 4 is 23.4 Å². The molecular formula is C26H27F2N7O5. The van der Waals surface area contributed by atoms with Crippen molar-refractivity contribution in [2.24, 2.45) is 22.2 Å². The van der Waals surface area contributed by atoms with Crippen LogP contribution in [0.4, 0.5) is 14.5 Å². The van der Waals surface area contributed by atoms with Crippen LogP contribution in [0.1, 0.15) is 25.3 Å². The number of rotatable bonds is 8. The zero-order valence-electron chi connectivity index (χ0n) is 21.4. The van der Waals surface area contributed by atoms with Gasteiger partial charge in [0.1, 0.15) is 17.7 Å². The molecule has 0 atom stereocenters. The molecule has 1 aliphatic rings. The van der Waals surface area contributed by atoms with Crippen molar-refractivity contribution in [1.29, 1.82) is 5.41 Å². The van der Waals surface area contributed by atoms with Crippen LogP contribution in [0.3, 0.4) is 0 Å². The number of aromatic hydroxyl groups is 1. The molecule has 1 amide bonds. The van der Waals surface area contributed by atoms with Gasteiger partial charge in [0.05, 0.1) is 5.69 Å². The Hall–Kier alpha value is -5.14. The fourth-order valence-electron chi connectivity index (χ4n) is 3.92. The molecule has 40 heavy (non-hydrogen) atoms. The normalized spacial score (nSPS) is 13.4. The van der Waals surface area contributed by atoms with Gasteiger partial charge in [-0.2, -0.15) is 13.8 Å². The summed E-state index contributed by atoms with van der Waals surface area (Å²) in [5.41, 5.74) is 16.8. The number of benzene rings is 2. The van der Waals surface area contributed by atoms with E-state index in [1.807, 2.05) is 0 Å². The van der Waals surface area contributed by atoms with Gasteiger partial charge >= 0.3 is 0 Å². The summed E-state index contributed by atoms with van der Waals surface area (Å²) in [6.07, 6.45) is 0.0342. The van der Waals surface area contributed by atoms with E-state index in [-0.39, 0.29) is 34.8 Å². The number of likely N-dealkylation sites (tertiary alicyclic amines) is 1. The lowest BCUT2D eigenvalue weighted by molar-refractivity contribution is -0.130. The van der Waals surface area contributed by atoms with Crippen LogP contribution in [-0.2, 0) is 4.79 Å². The molecule has 4 rings (SSSR count). The van der Waals surface area contributed by atoms with Crippen molar-refractivity contribution in [3.63, 3.8) is 0 Å². The highest BCUT2D eigenvalue weighted by molar-refractivity contribution is 5.95. The number of hydrogen-bond acceptors (Lipinski definition) is 8. The molecule has 0 spiro atoms. The topological polar surface area (TPSA) is 195 Å². The van der Waals surface area contributed by atoms with Gasteiger partial charge < -0.3 is 41.4 Å². The molecule has 0 saturated carbocycles. The maximum atomic E-state index is 15.6. The van der Waals surface area contributed by atoms with Crippen LogP contribution < -0.4 is 31.4 Å². The second-order valence-corrected chi connectivity index (χ2v) is 8.84. The number of aliphatic imine (C=N–C) groups is 1. The number of carbonyl (C=O) groups excluding carboxylic acids is 1. The van der Waals surface area contributed by atoms with E-state index in [0.717, 1.165) is 0 Å². The standard InChI is InChI=1S/C26H27F2N7O5/c1-13(36)35-9-7-16(8-10-35)38-22-20(27)24(39-17-4-2-3-15(12-17)33-26(31)32)34-25(21(22)28)40-19-11-14(23(29)30)5-6-18(19)37/h2-6,11-12,16,37H,7-10H2,1H3,(H3,29,30)(H4,31,32,33). The Balaban J connectivity index is 1.73. The number of nitrogens with two attached hydrogens (primary N) is 3. The van der Waals surface area contributed by atoms with E-state index >= 15 is 8.78 Å². The average molecular weight is 556 g/mol. The molecule has 0 radical (unpaired) electrons. The lowest BCUT2D eigenvalue weighted by Crippen LogP contribution is -2.40. The Morgan fingerprint density at radius 2 is 1.75 bits per heavy atom. The first-order valence-electron chi connectivity index (χ1n) is 12.1. The van der Waals surface area contributed by atoms with Gasteiger partial charge in [0.15, 0.2) is 17.5 Å². The van der Waals surface area contributed by atoms with Gasteiger partial charge in [-0.25, -0.2) is 4.99 Å². The summed E-state index contributed by atoms with van der Waals surface area (Å²) in [6, 6.07) is 9.73. The monoisotopic (exact) mass is 555 g/mol. The van der Waals surface area contributed by atoms with Crippen molar-refractivity contribution in [3.8, 4) is 34.8 Å². The van der Waals surface area contributed by atoms with Gasteiger partial charge in [-0.05, 0) is 30.3 Å². The molecule has 14 heteroatoms. The van der Waals surface area contributed by atoms with Crippen molar-refractivity contribution in [2.45, 2.75) is 25.9 Å². The smallest absolute Gasteiger partial charge is 0.263 e. The number of amides is 1. The first-order chi connectivity index (χ1) is 19.0. The number of phenolic OH excluding ortho intramolecular Hbond substituents is 1. The number of amidine groups is 1. The molecule has 0 unspecified atom stereocenters. The zero-order chi connectivity index (χ0) is 29.0. The molecule has 2 aromatic carbocycles. The molecule has 8 N–H and O–H groups in total. The molecule has 1 aromatic heterocycles. The minimum atomic E-state index is -1.29. The molecule has 1 fully saturated rings. The fraction of sp³-hybridized carbons (Fsp3) is 0.231. The van der Waals surface area contributed by atoms with Crippen molar-refractivity contribution < 1.29 is 32.9 Å². The number of ether oxygens (including phenoxy) is 3. The van der Waals surface area contributed by atoms with E-state index in [4.69, 9.17) is 36.8 Å². The number of halogens is 2. The number of phenols is 1. The van der Waals surface area contributed by atoms with Gasteiger partial charge in [-0.3, -0.25) is 10.2 Å². The molecule has 210 valence electrons. The molecule has 1 saturated heterocycles. The van der Waals surface area contributed by atoms with E-state index in [2.05, 4.69) is 9.98 Å². The summed E-state index contributed by atoms with van der Waals surface area (Å²) in [5.74, 6) is -6.12.